The molecular weight excluding hydrogens is 410 g/mol. The van der Waals surface area contributed by atoms with Crippen LogP contribution in [-0.2, 0) is 6.42 Å². The molecule has 1 aromatic carbocycles. The second-order valence-corrected chi connectivity index (χ2v) is 7.22. The first kappa shape index (κ1) is 19.0. The van der Waals surface area contributed by atoms with E-state index in [0.717, 1.165) is 5.69 Å². The Labute approximate surface area is 164 Å². The molecule has 0 saturated carbocycles. The third kappa shape index (κ3) is 4.16. The lowest BCUT2D eigenvalue weighted by Gasteiger charge is -2.07. The number of carbonyl (C=O) groups is 1. The van der Waals surface area contributed by atoms with Crippen molar-refractivity contribution >= 4 is 27.5 Å². The van der Waals surface area contributed by atoms with E-state index in [1.807, 2.05) is 26.8 Å². The molecule has 8 heteroatoms. The van der Waals surface area contributed by atoms with Gasteiger partial charge in [0.2, 0.25) is 0 Å². The number of carbonyl (C=O) groups excluding carboxylic acids is 1. The lowest BCUT2D eigenvalue weighted by atomic mass is 10.1. The van der Waals surface area contributed by atoms with E-state index < -0.39 is 0 Å². The zero-order chi connectivity index (χ0) is 19.6. The molecule has 0 aliphatic rings. The molecule has 7 nitrogen and oxygen atoms in total. The Morgan fingerprint density at radius 1 is 1.30 bits per heavy atom. The van der Waals surface area contributed by atoms with Gasteiger partial charge in [0.15, 0.2) is 5.69 Å². The maximum Gasteiger partial charge on any atom is 0.277 e. The second-order valence-electron chi connectivity index (χ2n) is 6.43. The van der Waals surface area contributed by atoms with Crippen molar-refractivity contribution in [1.82, 2.24) is 20.2 Å². The number of H-pyrrole nitrogens is 2. The summed E-state index contributed by atoms with van der Waals surface area (Å²) in [5.41, 5.74) is 2.97. The van der Waals surface area contributed by atoms with Gasteiger partial charge in [0.25, 0.3) is 11.5 Å². The highest BCUT2D eigenvalue weighted by atomic mass is 79.9. The van der Waals surface area contributed by atoms with E-state index in [4.69, 9.17) is 0 Å². The van der Waals surface area contributed by atoms with Crippen LogP contribution in [0.25, 0.3) is 11.4 Å². The molecule has 3 N–H and O–H groups in total. The summed E-state index contributed by atoms with van der Waals surface area (Å²) in [4.78, 5) is 31.6. The summed E-state index contributed by atoms with van der Waals surface area (Å²) in [5.74, 6) is 0.356. The third-order valence-corrected chi connectivity index (χ3v) is 4.88. The average Bonchev–Trinajstić information content (AvgIpc) is 3.03. The summed E-state index contributed by atoms with van der Waals surface area (Å²) < 4.78 is 0.660. The monoisotopic (exact) mass is 429 g/mol. The van der Waals surface area contributed by atoms with Crippen molar-refractivity contribution in [2.75, 3.05) is 5.32 Å². The normalized spacial score (nSPS) is 11.0. The number of anilines is 1. The molecule has 27 heavy (non-hydrogen) atoms. The molecule has 0 bridgehead atoms. The molecule has 3 rings (SSSR count). The number of nitrogens with one attached hydrogen (secondary N) is 3. The van der Waals surface area contributed by atoms with Gasteiger partial charge in [0.05, 0.1) is 10.2 Å². The molecule has 0 aliphatic carbocycles. The number of benzene rings is 1. The zero-order valence-electron chi connectivity index (χ0n) is 15.3. The summed E-state index contributed by atoms with van der Waals surface area (Å²) >= 11 is 3.44. The van der Waals surface area contributed by atoms with E-state index in [-0.39, 0.29) is 17.4 Å². The largest absolute Gasteiger partial charge is 0.321 e. The Balaban J connectivity index is 1.87. The Morgan fingerprint density at radius 3 is 2.74 bits per heavy atom. The second kappa shape index (κ2) is 7.87. The number of rotatable bonds is 5. The van der Waals surface area contributed by atoms with Crippen molar-refractivity contribution in [3.63, 3.8) is 0 Å². The smallest absolute Gasteiger partial charge is 0.277 e. The first-order valence-electron chi connectivity index (χ1n) is 8.64. The van der Waals surface area contributed by atoms with Gasteiger partial charge in [-0.2, -0.15) is 5.10 Å². The molecule has 0 atom stereocenters. The molecule has 0 radical (unpaired) electrons. The van der Waals surface area contributed by atoms with E-state index in [1.165, 1.54) is 6.07 Å². The number of amides is 1. The lowest BCUT2D eigenvalue weighted by molar-refractivity contribution is 0.102. The third-order valence-electron chi connectivity index (χ3n) is 4.08. The van der Waals surface area contributed by atoms with Crippen molar-refractivity contribution in [3.05, 3.63) is 62.2 Å². The molecule has 2 aromatic heterocycles. The lowest BCUT2D eigenvalue weighted by Crippen LogP contribution is -2.13. The standard InChI is InChI=1S/C19H20BrN5O2/c1-4-12-9-14(26)23-18(21-12)11-6-5-7-13(8-11)22-19(27)17-15(20)16(10(2)3)24-25-17/h5-10H,4H2,1-3H3,(H,22,27)(H,24,25)(H,21,23,26). The Morgan fingerprint density at radius 2 is 2.07 bits per heavy atom. The number of halogens is 1. The van der Waals surface area contributed by atoms with Gasteiger partial charge in [-0.15, -0.1) is 0 Å². The Bertz CT molecular complexity index is 1040. The van der Waals surface area contributed by atoms with Crippen LogP contribution in [0.4, 0.5) is 5.69 Å². The number of aryl methyl sites for hydroxylation is 1. The van der Waals surface area contributed by atoms with Crippen molar-refractivity contribution in [1.29, 1.82) is 0 Å². The van der Waals surface area contributed by atoms with Crippen molar-refractivity contribution in [2.24, 2.45) is 0 Å². The van der Waals surface area contributed by atoms with Crippen LogP contribution in [0.2, 0.25) is 0 Å². The molecule has 0 fully saturated rings. The molecule has 140 valence electrons. The quantitative estimate of drug-likeness (QED) is 0.572. The van der Waals surface area contributed by atoms with Gasteiger partial charge in [0.1, 0.15) is 5.82 Å². The van der Waals surface area contributed by atoms with Gasteiger partial charge in [-0.1, -0.05) is 32.9 Å². The number of hydrogen-bond acceptors (Lipinski definition) is 4. The van der Waals surface area contributed by atoms with Crippen LogP contribution in [0.5, 0.6) is 0 Å². The maximum absolute atomic E-state index is 12.6. The maximum atomic E-state index is 12.6. The van der Waals surface area contributed by atoms with Crippen LogP contribution in [0, 0.1) is 0 Å². The van der Waals surface area contributed by atoms with Gasteiger partial charge in [-0.3, -0.25) is 14.7 Å². The average molecular weight is 430 g/mol. The summed E-state index contributed by atoms with van der Waals surface area (Å²) in [6.45, 7) is 5.97. The van der Waals surface area contributed by atoms with E-state index in [9.17, 15) is 9.59 Å². The number of nitrogens with zero attached hydrogens (tertiary/aromatic N) is 2. The molecule has 0 saturated heterocycles. The Kier molecular flexibility index (Phi) is 5.55. The summed E-state index contributed by atoms with van der Waals surface area (Å²) in [6, 6.07) is 8.64. The molecule has 0 spiro atoms. The molecule has 3 aromatic rings. The summed E-state index contributed by atoms with van der Waals surface area (Å²) in [6.07, 6.45) is 0.665. The van der Waals surface area contributed by atoms with Crippen LogP contribution in [0.1, 0.15) is 48.6 Å². The molecular formula is C19H20BrN5O2. The fourth-order valence-electron chi connectivity index (χ4n) is 2.64. The minimum atomic E-state index is -0.328. The van der Waals surface area contributed by atoms with Crippen LogP contribution in [0.15, 0.2) is 39.6 Å². The highest BCUT2D eigenvalue weighted by Crippen LogP contribution is 2.26. The van der Waals surface area contributed by atoms with Crippen molar-refractivity contribution < 1.29 is 4.79 Å². The van der Waals surface area contributed by atoms with Crippen LogP contribution >= 0.6 is 15.9 Å². The minimum absolute atomic E-state index is 0.201. The fraction of sp³-hybridized carbons (Fsp3) is 0.263. The fourth-order valence-corrected chi connectivity index (χ4v) is 3.45. The number of aromatic nitrogens is 4. The molecule has 2 heterocycles. The van der Waals surface area contributed by atoms with E-state index in [2.05, 4.69) is 41.4 Å². The Hall–Kier alpha value is -2.74. The minimum Gasteiger partial charge on any atom is -0.321 e. The van der Waals surface area contributed by atoms with Gasteiger partial charge in [-0.05, 0) is 40.4 Å². The first-order valence-corrected chi connectivity index (χ1v) is 9.44. The van der Waals surface area contributed by atoms with E-state index in [0.29, 0.717) is 39.4 Å². The molecule has 0 aliphatic heterocycles. The van der Waals surface area contributed by atoms with Crippen LogP contribution < -0.4 is 10.9 Å². The van der Waals surface area contributed by atoms with E-state index >= 15 is 0 Å². The van der Waals surface area contributed by atoms with Gasteiger partial charge < -0.3 is 10.3 Å². The zero-order valence-corrected chi connectivity index (χ0v) is 16.8. The topological polar surface area (TPSA) is 104 Å². The number of aromatic amines is 2. The SMILES string of the molecule is CCc1cc(=O)[nH]c(-c2cccc(NC(=O)c3n[nH]c(C(C)C)c3Br)c2)n1. The highest BCUT2D eigenvalue weighted by molar-refractivity contribution is 9.10. The molecule has 0 unspecified atom stereocenters. The summed E-state index contributed by atoms with van der Waals surface area (Å²) in [7, 11) is 0. The predicted octanol–water partition coefficient (Wildman–Crippen LogP) is 3.86. The van der Waals surface area contributed by atoms with Crippen LogP contribution in [0.3, 0.4) is 0 Å². The predicted molar refractivity (Wildman–Crippen MR) is 108 cm³/mol. The van der Waals surface area contributed by atoms with Crippen LogP contribution in [-0.4, -0.2) is 26.1 Å². The molecule has 1 amide bonds. The summed E-state index contributed by atoms with van der Waals surface area (Å²) in [5, 5.41) is 9.83. The van der Waals surface area contributed by atoms with Gasteiger partial charge >= 0.3 is 0 Å². The van der Waals surface area contributed by atoms with Gasteiger partial charge in [0, 0.05) is 23.0 Å². The highest BCUT2D eigenvalue weighted by Gasteiger charge is 2.19. The number of hydrogen-bond donors (Lipinski definition) is 3. The van der Waals surface area contributed by atoms with Crippen molar-refractivity contribution in [3.8, 4) is 11.4 Å². The first-order chi connectivity index (χ1) is 12.9. The van der Waals surface area contributed by atoms with E-state index in [1.54, 1.807) is 18.2 Å². The van der Waals surface area contributed by atoms with Gasteiger partial charge in [-0.25, -0.2) is 4.98 Å². The van der Waals surface area contributed by atoms with Crippen molar-refractivity contribution in [2.45, 2.75) is 33.1 Å².